The molecule has 1 aliphatic rings. The van der Waals surface area contributed by atoms with Gasteiger partial charge in [0.1, 0.15) is 0 Å². The molecule has 0 aromatic heterocycles. The van der Waals surface area contributed by atoms with Crippen molar-refractivity contribution in [2.75, 3.05) is 26.3 Å². The molecule has 1 aromatic carbocycles. The van der Waals surface area contributed by atoms with Gasteiger partial charge < -0.3 is 4.74 Å². The summed E-state index contributed by atoms with van der Waals surface area (Å²) in [6.07, 6.45) is -1.74. The van der Waals surface area contributed by atoms with Gasteiger partial charge in [-0.1, -0.05) is 62.9 Å². The topological polar surface area (TPSA) is 12.5 Å². The maximum Gasteiger partial charge on any atom is 0.0597 e. The zero-order valence-corrected chi connectivity index (χ0v) is 13.1. The van der Waals surface area contributed by atoms with Crippen LogP contribution in [0.1, 0.15) is 20.8 Å². The SMILES string of the molecule is CC(C)(C)P(=S)(c1ccccc1)N1CCOCC1. The molecule has 0 radical (unpaired) electrons. The van der Waals surface area contributed by atoms with Crippen LogP contribution in [0, 0.1) is 0 Å². The summed E-state index contributed by atoms with van der Waals surface area (Å²) < 4.78 is 7.97. The Hall–Kier alpha value is -0.210. The molecule has 1 heterocycles. The summed E-state index contributed by atoms with van der Waals surface area (Å²) in [6, 6.07) is 10.7. The Morgan fingerprint density at radius 2 is 1.67 bits per heavy atom. The average molecular weight is 283 g/mol. The number of morpholine rings is 1. The van der Waals surface area contributed by atoms with E-state index in [4.69, 9.17) is 16.5 Å². The summed E-state index contributed by atoms with van der Waals surface area (Å²) in [5, 5.41) is 1.44. The Kier molecular flexibility index (Phi) is 4.28. The average Bonchev–Trinajstić information content (AvgIpc) is 2.38. The molecular formula is C14H22NOPS. The fraction of sp³-hybridized carbons (Fsp3) is 0.571. The quantitative estimate of drug-likeness (QED) is 0.774. The highest BCUT2D eigenvalue weighted by Crippen LogP contribution is 2.59. The number of hydrogen-bond donors (Lipinski definition) is 0. The second kappa shape index (κ2) is 5.42. The van der Waals surface area contributed by atoms with Crippen molar-refractivity contribution >= 4 is 23.3 Å². The smallest absolute Gasteiger partial charge is 0.0597 e. The number of benzene rings is 1. The molecule has 4 heteroatoms. The summed E-state index contributed by atoms with van der Waals surface area (Å²) in [6.45, 7) is 10.4. The summed E-state index contributed by atoms with van der Waals surface area (Å²) in [4.78, 5) is 0. The van der Waals surface area contributed by atoms with Crippen LogP contribution >= 0.6 is 6.19 Å². The van der Waals surface area contributed by atoms with Gasteiger partial charge in [-0.15, -0.1) is 0 Å². The molecule has 1 saturated heterocycles. The lowest BCUT2D eigenvalue weighted by Crippen LogP contribution is -2.42. The second-order valence-electron chi connectivity index (χ2n) is 5.65. The molecule has 100 valence electrons. The monoisotopic (exact) mass is 283 g/mol. The minimum absolute atomic E-state index is 0.112. The van der Waals surface area contributed by atoms with E-state index in [1.54, 1.807) is 0 Å². The van der Waals surface area contributed by atoms with E-state index >= 15 is 0 Å². The molecule has 0 saturated carbocycles. The van der Waals surface area contributed by atoms with Crippen LogP contribution in [-0.4, -0.2) is 36.1 Å². The number of rotatable bonds is 2. The molecule has 1 fully saturated rings. The van der Waals surface area contributed by atoms with Crippen molar-refractivity contribution in [3.05, 3.63) is 30.3 Å². The zero-order valence-electron chi connectivity index (χ0n) is 11.4. The van der Waals surface area contributed by atoms with Gasteiger partial charge in [0.05, 0.1) is 13.2 Å². The van der Waals surface area contributed by atoms with E-state index in [0.717, 1.165) is 26.3 Å². The molecule has 0 spiro atoms. The molecule has 0 amide bonds. The number of hydrogen-bond acceptors (Lipinski definition) is 2. The van der Waals surface area contributed by atoms with Crippen molar-refractivity contribution in [2.24, 2.45) is 0 Å². The van der Waals surface area contributed by atoms with Crippen LogP contribution < -0.4 is 5.30 Å². The van der Waals surface area contributed by atoms with Crippen molar-refractivity contribution in [1.82, 2.24) is 4.67 Å². The summed E-state index contributed by atoms with van der Waals surface area (Å²) >= 11 is 6.21. The predicted molar refractivity (Wildman–Crippen MR) is 82.5 cm³/mol. The lowest BCUT2D eigenvalue weighted by Gasteiger charge is -2.45. The minimum atomic E-state index is -1.74. The molecule has 1 unspecified atom stereocenters. The van der Waals surface area contributed by atoms with Gasteiger partial charge in [0, 0.05) is 24.4 Å². The highest BCUT2D eigenvalue weighted by Gasteiger charge is 2.39. The summed E-state index contributed by atoms with van der Waals surface area (Å²) in [7, 11) is 0. The van der Waals surface area contributed by atoms with Gasteiger partial charge in [0.15, 0.2) is 0 Å². The molecule has 18 heavy (non-hydrogen) atoms. The summed E-state index contributed by atoms with van der Waals surface area (Å²) in [5.74, 6) is 0. The lowest BCUT2D eigenvalue weighted by atomic mass is 10.3. The van der Waals surface area contributed by atoms with Crippen LogP contribution in [0.15, 0.2) is 30.3 Å². The predicted octanol–water partition coefficient (Wildman–Crippen LogP) is 2.84. The van der Waals surface area contributed by atoms with Crippen LogP contribution in [0.3, 0.4) is 0 Å². The van der Waals surface area contributed by atoms with E-state index in [2.05, 4.69) is 55.8 Å². The fourth-order valence-electron chi connectivity index (χ4n) is 2.44. The van der Waals surface area contributed by atoms with Crippen molar-refractivity contribution in [3.8, 4) is 0 Å². The first-order valence-corrected chi connectivity index (χ1v) is 9.21. The standard InChI is InChI=1S/C14H22NOPS/c1-14(2,3)17(18,13-7-5-4-6-8-13)15-9-11-16-12-10-15/h4-8H,9-12H2,1-3H3. The third kappa shape index (κ3) is 2.55. The van der Waals surface area contributed by atoms with Crippen molar-refractivity contribution in [1.29, 1.82) is 0 Å². The van der Waals surface area contributed by atoms with E-state index in [1.807, 2.05) is 0 Å². The first kappa shape index (κ1) is 14.2. The summed E-state index contributed by atoms with van der Waals surface area (Å²) in [5.41, 5.74) is 0. The van der Waals surface area contributed by atoms with Gasteiger partial charge in [-0.2, -0.15) is 0 Å². The molecule has 2 nitrogen and oxygen atoms in total. The van der Waals surface area contributed by atoms with E-state index < -0.39 is 6.19 Å². The molecule has 1 aliphatic heterocycles. The van der Waals surface area contributed by atoms with Gasteiger partial charge >= 0.3 is 0 Å². The normalized spacial score (nSPS) is 21.5. The third-order valence-electron chi connectivity index (χ3n) is 3.40. The van der Waals surface area contributed by atoms with Crippen molar-refractivity contribution in [3.63, 3.8) is 0 Å². The second-order valence-corrected chi connectivity index (χ2v) is 10.8. The van der Waals surface area contributed by atoms with Crippen LogP contribution in [0.5, 0.6) is 0 Å². The van der Waals surface area contributed by atoms with Crippen LogP contribution in [-0.2, 0) is 16.5 Å². The minimum Gasteiger partial charge on any atom is -0.379 e. The number of ether oxygens (including phenoxy) is 1. The first-order chi connectivity index (χ1) is 8.46. The van der Waals surface area contributed by atoms with Gasteiger partial charge in [0.2, 0.25) is 0 Å². The van der Waals surface area contributed by atoms with Crippen LogP contribution in [0.2, 0.25) is 0 Å². The van der Waals surface area contributed by atoms with Crippen molar-refractivity contribution in [2.45, 2.75) is 25.9 Å². The van der Waals surface area contributed by atoms with Crippen LogP contribution in [0.4, 0.5) is 0 Å². The number of nitrogens with zero attached hydrogens (tertiary/aromatic N) is 1. The fourth-order valence-corrected chi connectivity index (χ4v) is 6.55. The van der Waals surface area contributed by atoms with Gasteiger partial charge in [-0.05, 0) is 5.30 Å². The van der Waals surface area contributed by atoms with Gasteiger partial charge in [0.25, 0.3) is 0 Å². The molecular weight excluding hydrogens is 261 g/mol. The maximum atomic E-state index is 6.21. The first-order valence-electron chi connectivity index (χ1n) is 6.45. The molecule has 0 bridgehead atoms. The Morgan fingerprint density at radius 3 is 2.17 bits per heavy atom. The Labute approximate surface area is 115 Å². The molecule has 2 rings (SSSR count). The molecule has 0 N–H and O–H groups in total. The molecule has 0 aliphatic carbocycles. The molecule has 1 atom stereocenters. The van der Waals surface area contributed by atoms with Gasteiger partial charge in [-0.25, -0.2) is 0 Å². The van der Waals surface area contributed by atoms with E-state index in [9.17, 15) is 0 Å². The van der Waals surface area contributed by atoms with E-state index in [1.165, 1.54) is 5.30 Å². The zero-order chi connectivity index (χ0) is 13.2. The molecule has 1 aromatic rings. The van der Waals surface area contributed by atoms with E-state index in [-0.39, 0.29) is 5.16 Å². The maximum absolute atomic E-state index is 6.21. The Morgan fingerprint density at radius 1 is 1.11 bits per heavy atom. The van der Waals surface area contributed by atoms with Crippen LogP contribution in [0.25, 0.3) is 0 Å². The Bertz CT molecular complexity index is 435. The lowest BCUT2D eigenvalue weighted by molar-refractivity contribution is 0.0743. The third-order valence-corrected chi connectivity index (χ3v) is 10.4. The van der Waals surface area contributed by atoms with Crippen molar-refractivity contribution < 1.29 is 4.74 Å². The highest BCUT2D eigenvalue weighted by atomic mass is 32.4. The van der Waals surface area contributed by atoms with E-state index in [0.29, 0.717) is 0 Å². The highest BCUT2D eigenvalue weighted by molar-refractivity contribution is 8.17. The largest absolute Gasteiger partial charge is 0.379 e. The van der Waals surface area contributed by atoms with Gasteiger partial charge in [-0.3, -0.25) is 4.67 Å². The Balaban J connectivity index is 2.44.